The molecule has 0 unspecified atom stereocenters. The highest BCUT2D eigenvalue weighted by molar-refractivity contribution is 5.85. The first-order chi connectivity index (χ1) is 8.58. The van der Waals surface area contributed by atoms with Crippen LogP contribution in [0.5, 0.6) is 0 Å². The molecular formula is C10H14N8. The van der Waals surface area contributed by atoms with Gasteiger partial charge < -0.3 is 22.9 Å². The largest absolute Gasteiger partial charge is 0.369 e. The molecule has 0 aliphatic heterocycles. The van der Waals surface area contributed by atoms with Crippen LogP contribution in [0.3, 0.4) is 0 Å². The van der Waals surface area contributed by atoms with Crippen molar-refractivity contribution in [2.75, 3.05) is 0 Å². The Hall–Kier alpha value is -2.90. The average molecular weight is 246 g/mol. The van der Waals surface area contributed by atoms with Gasteiger partial charge in [-0.2, -0.15) is 10.2 Å². The van der Waals surface area contributed by atoms with Crippen molar-refractivity contribution >= 4 is 24.3 Å². The van der Waals surface area contributed by atoms with Crippen LogP contribution in [0.1, 0.15) is 11.1 Å². The number of nitrogens with two attached hydrogens (primary N) is 4. The Balaban J connectivity index is 2.69. The summed E-state index contributed by atoms with van der Waals surface area (Å²) in [5.74, 6) is -0.181. The van der Waals surface area contributed by atoms with Gasteiger partial charge in [0.25, 0.3) is 0 Å². The Kier molecular flexibility index (Phi) is 4.85. The number of hydrogen-bond donors (Lipinski definition) is 4. The monoisotopic (exact) mass is 246 g/mol. The second-order valence-corrected chi connectivity index (χ2v) is 3.21. The predicted octanol–water partition coefficient (Wildman–Crippen LogP) is -1.10. The van der Waals surface area contributed by atoms with E-state index in [9.17, 15) is 0 Å². The van der Waals surface area contributed by atoms with Gasteiger partial charge in [-0.3, -0.25) is 0 Å². The van der Waals surface area contributed by atoms with E-state index < -0.39 is 0 Å². The number of benzene rings is 1. The summed E-state index contributed by atoms with van der Waals surface area (Å²) >= 11 is 0. The maximum atomic E-state index is 5.12. The third-order valence-corrected chi connectivity index (χ3v) is 1.70. The van der Waals surface area contributed by atoms with Crippen molar-refractivity contribution in [2.24, 2.45) is 43.3 Å². The van der Waals surface area contributed by atoms with Crippen molar-refractivity contribution in [1.29, 1.82) is 0 Å². The highest BCUT2D eigenvalue weighted by Crippen LogP contribution is 2.00. The minimum Gasteiger partial charge on any atom is -0.369 e. The van der Waals surface area contributed by atoms with E-state index in [1.54, 1.807) is 0 Å². The van der Waals surface area contributed by atoms with Crippen molar-refractivity contribution in [3.63, 3.8) is 0 Å². The van der Waals surface area contributed by atoms with Crippen LogP contribution in [0.2, 0.25) is 0 Å². The van der Waals surface area contributed by atoms with E-state index in [-0.39, 0.29) is 11.9 Å². The zero-order valence-electron chi connectivity index (χ0n) is 9.56. The highest BCUT2D eigenvalue weighted by Gasteiger charge is 1.89. The molecule has 8 N–H and O–H groups in total. The topological polar surface area (TPSA) is 154 Å². The Labute approximate surface area is 104 Å². The summed E-state index contributed by atoms with van der Waals surface area (Å²) in [5.41, 5.74) is 22.2. The maximum Gasteiger partial charge on any atom is 0.211 e. The molecule has 0 atom stereocenters. The van der Waals surface area contributed by atoms with E-state index in [2.05, 4.69) is 20.4 Å². The quantitative estimate of drug-likeness (QED) is 0.302. The third-order valence-electron chi connectivity index (χ3n) is 1.70. The van der Waals surface area contributed by atoms with E-state index in [1.807, 2.05) is 24.3 Å². The maximum absolute atomic E-state index is 5.12. The molecule has 0 fully saturated rings. The van der Waals surface area contributed by atoms with Crippen LogP contribution in [-0.4, -0.2) is 24.3 Å². The summed E-state index contributed by atoms with van der Waals surface area (Å²) in [5, 5.41) is 14.3. The summed E-state index contributed by atoms with van der Waals surface area (Å²) in [6.07, 6.45) is 3.05. The molecule has 1 aromatic rings. The van der Waals surface area contributed by atoms with Gasteiger partial charge in [-0.25, -0.2) is 0 Å². The summed E-state index contributed by atoms with van der Waals surface area (Å²) in [6, 6.07) is 7.29. The average Bonchev–Trinajstić information content (AvgIpc) is 2.30. The number of rotatable bonds is 4. The van der Waals surface area contributed by atoms with Gasteiger partial charge in [-0.05, 0) is 11.1 Å². The molecule has 0 aromatic heterocycles. The van der Waals surface area contributed by atoms with E-state index >= 15 is 0 Å². The second-order valence-electron chi connectivity index (χ2n) is 3.21. The Morgan fingerprint density at radius 3 is 1.33 bits per heavy atom. The molecule has 1 rings (SSSR count). The zero-order valence-corrected chi connectivity index (χ0v) is 9.56. The van der Waals surface area contributed by atoms with Crippen molar-refractivity contribution in [2.45, 2.75) is 0 Å². The van der Waals surface area contributed by atoms with E-state index in [4.69, 9.17) is 22.9 Å². The molecule has 0 amide bonds. The Morgan fingerprint density at radius 2 is 1.06 bits per heavy atom. The van der Waals surface area contributed by atoms with Gasteiger partial charge >= 0.3 is 0 Å². The van der Waals surface area contributed by atoms with Crippen LogP contribution in [-0.2, 0) is 0 Å². The zero-order chi connectivity index (χ0) is 13.4. The van der Waals surface area contributed by atoms with Gasteiger partial charge in [0.05, 0.1) is 12.4 Å². The standard InChI is InChI=1S/C10H14N8/c11-9(12)17-15-5-7-1-2-8(4-3-7)6-16-18-10(13)14/h1-6H,(H4,11,12,17)(H4,13,14,18). The lowest BCUT2D eigenvalue weighted by Crippen LogP contribution is -2.21. The minimum atomic E-state index is -0.0905. The molecule has 18 heavy (non-hydrogen) atoms. The normalized spacial score (nSPS) is 10.7. The SMILES string of the molecule is NC(N)=NN=Cc1ccc(C=NN=C(N)N)cc1. The number of nitrogens with zero attached hydrogens (tertiary/aromatic N) is 4. The minimum absolute atomic E-state index is 0.0905. The molecule has 0 radical (unpaired) electrons. The molecular weight excluding hydrogens is 232 g/mol. The Bertz CT molecular complexity index is 442. The number of guanidine groups is 2. The van der Waals surface area contributed by atoms with Crippen LogP contribution in [0.4, 0.5) is 0 Å². The van der Waals surface area contributed by atoms with E-state index in [1.165, 1.54) is 12.4 Å². The summed E-state index contributed by atoms with van der Waals surface area (Å²) in [7, 11) is 0. The smallest absolute Gasteiger partial charge is 0.211 e. The van der Waals surface area contributed by atoms with Gasteiger partial charge in [-0.1, -0.05) is 24.3 Å². The van der Waals surface area contributed by atoms with Crippen LogP contribution < -0.4 is 22.9 Å². The van der Waals surface area contributed by atoms with Crippen LogP contribution in [0, 0.1) is 0 Å². The molecule has 0 saturated heterocycles. The van der Waals surface area contributed by atoms with Crippen molar-refractivity contribution in [1.82, 2.24) is 0 Å². The van der Waals surface area contributed by atoms with Crippen LogP contribution in [0.15, 0.2) is 44.7 Å². The molecule has 0 aliphatic rings. The molecule has 0 spiro atoms. The van der Waals surface area contributed by atoms with Crippen LogP contribution >= 0.6 is 0 Å². The van der Waals surface area contributed by atoms with E-state index in [0.29, 0.717) is 0 Å². The fourth-order valence-corrected chi connectivity index (χ4v) is 0.993. The van der Waals surface area contributed by atoms with Gasteiger partial charge in [0.15, 0.2) is 0 Å². The molecule has 8 heteroatoms. The van der Waals surface area contributed by atoms with Gasteiger partial charge in [-0.15, -0.1) is 10.2 Å². The fourth-order valence-electron chi connectivity index (χ4n) is 0.993. The van der Waals surface area contributed by atoms with E-state index in [0.717, 1.165) is 11.1 Å². The summed E-state index contributed by atoms with van der Waals surface area (Å²) < 4.78 is 0. The lowest BCUT2D eigenvalue weighted by molar-refractivity contribution is 1.21. The molecule has 0 aliphatic carbocycles. The third kappa shape index (κ3) is 5.26. The van der Waals surface area contributed by atoms with Crippen molar-refractivity contribution in [3.05, 3.63) is 35.4 Å². The van der Waals surface area contributed by atoms with Crippen molar-refractivity contribution < 1.29 is 0 Å². The predicted molar refractivity (Wildman–Crippen MR) is 73.2 cm³/mol. The number of hydrogen-bond acceptors (Lipinski definition) is 4. The summed E-state index contributed by atoms with van der Waals surface area (Å²) in [4.78, 5) is 0. The van der Waals surface area contributed by atoms with Crippen LogP contribution in [0.25, 0.3) is 0 Å². The summed E-state index contributed by atoms with van der Waals surface area (Å²) in [6.45, 7) is 0. The first kappa shape index (κ1) is 13.2. The molecule has 94 valence electrons. The highest BCUT2D eigenvalue weighted by atomic mass is 15.3. The van der Waals surface area contributed by atoms with Gasteiger partial charge in [0, 0.05) is 0 Å². The van der Waals surface area contributed by atoms with Gasteiger partial charge in [0.2, 0.25) is 11.9 Å². The second kappa shape index (κ2) is 6.63. The first-order valence-electron chi connectivity index (χ1n) is 4.92. The van der Waals surface area contributed by atoms with Crippen molar-refractivity contribution in [3.8, 4) is 0 Å². The fraction of sp³-hybridized carbons (Fsp3) is 0. The Morgan fingerprint density at radius 1 is 0.722 bits per heavy atom. The molecule has 0 heterocycles. The molecule has 0 bridgehead atoms. The first-order valence-corrected chi connectivity index (χ1v) is 4.92. The lowest BCUT2D eigenvalue weighted by Gasteiger charge is -1.93. The van der Waals surface area contributed by atoms with Gasteiger partial charge in [0.1, 0.15) is 0 Å². The molecule has 1 aromatic carbocycles. The molecule has 8 nitrogen and oxygen atoms in total. The molecule has 0 saturated carbocycles. The lowest BCUT2D eigenvalue weighted by atomic mass is 10.2.